The third-order valence-corrected chi connectivity index (χ3v) is 3.86. The molecule has 19 heavy (non-hydrogen) atoms. The maximum absolute atomic E-state index is 7.72. The van der Waals surface area contributed by atoms with Crippen LogP contribution in [0, 0.1) is 26.2 Å². The SMILES string of the molecule is Cc1cccc(Sc2nnc(C)c(C)c2C(=N)N)c1. The van der Waals surface area contributed by atoms with Crippen molar-refractivity contribution in [1.29, 1.82) is 5.41 Å². The Morgan fingerprint density at radius 3 is 2.58 bits per heavy atom. The summed E-state index contributed by atoms with van der Waals surface area (Å²) in [6.45, 7) is 5.83. The second kappa shape index (κ2) is 5.40. The number of hydrogen-bond donors (Lipinski definition) is 2. The maximum Gasteiger partial charge on any atom is 0.135 e. The van der Waals surface area contributed by atoms with E-state index in [2.05, 4.69) is 16.3 Å². The zero-order valence-corrected chi connectivity index (χ0v) is 12.0. The minimum absolute atomic E-state index is 0.0330. The van der Waals surface area contributed by atoms with Gasteiger partial charge in [0.05, 0.1) is 11.3 Å². The topological polar surface area (TPSA) is 75.7 Å². The summed E-state index contributed by atoms with van der Waals surface area (Å²) in [6, 6.07) is 8.13. The minimum Gasteiger partial charge on any atom is -0.384 e. The lowest BCUT2D eigenvalue weighted by Gasteiger charge is -2.11. The molecule has 2 rings (SSSR count). The number of nitrogens with zero attached hydrogens (tertiary/aromatic N) is 2. The molecule has 3 N–H and O–H groups in total. The Balaban J connectivity index is 2.46. The molecular formula is C14H16N4S. The van der Waals surface area contributed by atoms with Crippen LogP contribution in [-0.4, -0.2) is 16.0 Å². The smallest absolute Gasteiger partial charge is 0.135 e. The van der Waals surface area contributed by atoms with E-state index in [0.29, 0.717) is 10.6 Å². The third kappa shape index (κ3) is 2.93. The molecular weight excluding hydrogens is 256 g/mol. The van der Waals surface area contributed by atoms with Crippen LogP contribution >= 0.6 is 11.8 Å². The van der Waals surface area contributed by atoms with E-state index in [-0.39, 0.29) is 5.84 Å². The molecule has 0 aliphatic rings. The van der Waals surface area contributed by atoms with Crippen molar-refractivity contribution in [2.24, 2.45) is 5.73 Å². The number of hydrogen-bond acceptors (Lipinski definition) is 4. The fourth-order valence-corrected chi connectivity index (χ4v) is 2.83. The highest BCUT2D eigenvalue weighted by Crippen LogP contribution is 2.30. The second-order valence-electron chi connectivity index (χ2n) is 4.42. The Morgan fingerprint density at radius 2 is 1.95 bits per heavy atom. The van der Waals surface area contributed by atoms with Crippen LogP contribution in [0.4, 0.5) is 0 Å². The van der Waals surface area contributed by atoms with E-state index >= 15 is 0 Å². The molecule has 2 aromatic rings. The van der Waals surface area contributed by atoms with E-state index in [4.69, 9.17) is 11.1 Å². The normalized spacial score (nSPS) is 10.5. The van der Waals surface area contributed by atoms with Crippen LogP contribution < -0.4 is 5.73 Å². The van der Waals surface area contributed by atoms with Crippen molar-refractivity contribution in [3.8, 4) is 0 Å². The van der Waals surface area contributed by atoms with E-state index in [1.54, 1.807) is 0 Å². The fourth-order valence-electron chi connectivity index (χ4n) is 1.77. The number of rotatable bonds is 3. The molecule has 0 saturated carbocycles. The summed E-state index contributed by atoms with van der Waals surface area (Å²) in [4.78, 5) is 1.07. The fraction of sp³-hybridized carbons (Fsp3) is 0.214. The Kier molecular flexibility index (Phi) is 3.85. The van der Waals surface area contributed by atoms with Gasteiger partial charge in [-0.3, -0.25) is 5.41 Å². The number of nitrogen functional groups attached to an aromatic ring is 1. The summed E-state index contributed by atoms with van der Waals surface area (Å²) in [7, 11) is 0. The van der Waals surface area contributed by atoms with Crippen molar-refractivity contribution in [2.45, 2.75) is 30.7 Å². The minimum atomic E-state index is 0.0330. The monoisotopic (exact) mass is 272 g/mol. The highest BCUT2D eigenvalue weighted by atomic mass is 32.2. The number of amidine groups is 1. The van der Waals surface area contributed by atoms with E-state index in [1.165, 1.54) is 17.3 Å². The van der Waals surface area contributed by atoms with Crippen molar-refractivity contribution < 1.29 is 0 Å². The van der Waals surface area contributed by atoms with Gasteiger partial charge in [-0.25, -0.2) is 0 Å². The van der Waals surface area contributed by atoms with Crippen molar-refractivity contribution in [3.05, 3.63) is 46.6 Å². The number of aryl methyl sites for hydroxylation is 2. The highest BCUT2D eigenvalue weighted by molar-refractivity contribution is 7.99. The van der Waals surface area contributed by atoms with Gasteiger partial charge in [0.1, 0.15) is 10.9 Å². The summed E-state index contributed by atoms with van der Waals surface area (Å²) in [5.41, 5.74) is 9.25. The standard InChI is InChI=1S/C14H16N4S/c1-8-5-4-6-11(7-8)19-14-12(13(15)16)9(2)10(3)17-18-14/h4-7H,1-3H3,(H3,15,16). The Morgan fingerprint density at radius 1 is 1.21 bits per heavy atom. The molecule has 0 unspecified atom stereocenters. The lowest BCUT2D eigenvalue weighted by atomic mass is 10.1. The predicted octanol–water partition coefficient (Wildman–Crippen LogP) is 2.84. The molecule has 0 radical (unpaired) electrons. The molecule has 0 saturated heterocycles. The Labute approximate surface area is 117 Å². The van der Waals surface area contributed by atoms with Gasteiger partial charge in [0, 0.05) is 4.90 Å². The van der Waals surface area contributed by atoms with Gasteiger partial charge in [0.25, 0.3) is 0 Å². The molecule has 1 aromatic heterocycles. The van der Waals surface area contributed by atoms with Crippen molar-refractivity contribution >= 4 is 17.6 Å². The maximum atomic E-state index is 7.72. The van der Waals surface area contributed by atoms with Crippen LogP contribution in [-0.2, 0) is 0 Å². The van der Waals surface area contributed by atoms with Crippen LogP contribution in [0.15, 0.2) is 34.2 Å². The van der Waals surface area contributed by atoms with Crippen molar-refractivity contribution in [1.82, 2.24) is 10.2 Å². The van der Waals surface area contributed by atoms with Gasteiger partial charge in [0.2, 0.25) is 0 Å². The van der Waals surface area contributed by atoms with E-state index in [9.17, 15) is 0 Å². The van der Waals surface area contributed by atoms with E-state index in [0.717, 1.165) is 16.2 Å². The van der Waals surface area contributed by atoms with Crippen LogP contribution in [0.25, 0.3) is 0 Å². The Hall–Kier alpha value is -1.88. The summed E-state index contributed by atoms with van der Waals surface area (Å²) < 4.78 is 0. The molecule has 1 heterocycles. The van der Waals surface area contributed by atoms with E-state index < -0.39 is 0 Å². The predicted molar refractivity (Wildman–Crippen MR) is 77.8 cm³/mol. The molecule has 0 spiro atoms. The van der Waals surface area contributed by atoms with Crippen molar-refractivity contribution in [3.63, 3.8) is 0 Å². The van der Waals surface area contributed by atoms with Crippen LogP contribution in [0.3, 0.4) is 0 Å². The lowest BCUT2D eigenvalue weighted by Crippen LogP contribution is -2.16. The molecule has 1 aromatic carbocycles. The average Bonchev–Trinajstić information content (AvgIpc) is 2.33. The van der Waals surface area contributed by atoms with E-state index in [1.807, 2.05) is 39.0 Å². The first-order valence-electron chi connectivity index (χ1n) is 5.92. The molecule has 0 aliphatic heterocycles. The molecule has 98 valence electrons. The summed E-state index contributed by atoms with van der Waals surface area (Å²) in [6.07, 6.45) is 0. The van der Waals surface area contributed by atoms with Gasteiger partial charge in [-0.2, -0.15) is 5.10 Å². The zero-order chi connectivity index (χ0) is 14.0. The molecule has 0 atom stereocenters. The second-order valence-corrected chi connectivity index (χ2v) is 5.49. The van der Waals surface area contributed by atoms with Gasteiger partial charge in [0.15, 0.2) is 0 Å². The van der Waals surface area contributed by atoms with Crippen molar-refractivity contribution in [2.75, 3.05) is 0 Å². The van der Waals surface area contributed by atoms with Gasteiger partial charge >= 0.3 is 0 Å². The van der Waals surface area contributed by atoms with Gasteiger partial charge < -0.3 is 5.73 Å². The molecule has 5 heteroatoms. The van der Waals surface area contributed by atoms with Crippen LogP contribution in [0.2, 0.25) is 0 Å². The van der Waals surface area contributed by atoms with Gasteiger partial charge in [-0.1, -0.05) is 29.5 Å². The Bertz CT molecular complexity index is 637. The number of benzene rings is 1. The highest BCUT2D eigenvalue weighted by Gasteiger charge is 2.14. The van der Waals surface area contributed by atoms with Gasteiger partial charge in [-0.05, 0) is 38.5 Å². The largest absolute Gasteiger partial charge is 0.384 e. The number of nitrogens with two attached hydrogens (primary N) is 1. The number of nitrogens with one attached hydrogen (secondary N) is 1. The molecule has 4 nitrogen and oxygen atoms in total. The molecule has 0 bridgehead atoms. The molecule has 0 fully saturated rings. The zero-order valence-electron chi connectivity index (χ0n) is 11.2. The first-order valence-corrected chi connectivity index (χ1v) is 6.73. The van der Waals surface area contributed by atoms with Crippen LogP contribution in [0.5, 0.6) is 0 Å². The summed E-state index contributed by atoms with van der Waals surface area (Å²) in [5, 5.41) is 16.7. The quantitative estimate of drug-likeness (QED) is 0.665. The molecule has 0 aliphatic carbocycles. The van der Waals surface area contributed by atoms with Crippen LogP contribution in [0.1, 0.15) is 22.4 Å². The first-order chi connectivity index (χ1) is 8.99. The third-order valence-electron chi connectivity index (χ3n) is 2.90. The average molecular weight is 272 g/mol. The lowest BCUT2D eigenvalue weighted by molar-refractivity contribution is 0.872. The first kappa shape index (κ1) is 13.5. The summed E-state index contributed by atoms with van der Waals surface area (Å²) >= 11 is 1.49. The molecule has 0 amide bonds. The number of aromatic nitrogens is 2. The van der Waals surface area contributed by atoms with Gasteiger partial charge in [-0.15, -0.1) is 5.10 Å². The summed E-state index contributed by atoms with van der Waals surface area (Å²) in [5.74, 6) is 0.0330.